The van der Waals surface area contributed by atoms with E-state index in [0.717, 1.165) is 19.3 Å². The van der Waals surface area contributed by atoms with Crippen LogP contribution in [0.25, 0.3) is 0 Å². The predicted molar refractivity (Wildman–Crippen MR) is 65.0 cm³/mol. The predicted octanol–water partition coefficient (Wildman–Crippen LogP) is 4.50. The Kier molecular flexibility index (Phi) is 5.35. The van der Waals surface area contributed by atoms with Crippen molar-refractivity contribution in [1.82, 2.24) is 0 Å². The molecular weight excluding hydrogens is 184 g/mol. The highest BCUT2D eigenvalue weighted by molar-refractivity contribution is 5.79. The third kappa shape index (κ3) is 4.81. The van der Waals surface area contributed by atoms with Gasteiger partial charge in [-0.25, -0.2) is 0 Å². The van der Waals surface area contributed by atoms with Crippen LogP contribution in [-0.2, 0) is 4.79 Å². The number of rotatable bonds is 5. The second kappa shape index (κ2) is 6.30. The summed E-state index contributed by atoms with van der Waals surface area (Å²) in [5.74, 6) is 0.505. The Balaban J connectivity index is 2.31. The third-order valence-corrected chi connectivity index (χ3v) is 3.74. The highest BCUT2D eigenvalue weighted by atomic mass is 16.1. The standard InChI is InChI=1S/C14H26O/c1-3-4-5-7-10-14(2)11-8-6-9-13(15)12-14/h3-12H2,1-2H3/t14-/m1/s1. The molecule has 0 N–H and O–H groups in total. The molecule has 0 aliphatic heterocycles. The quantitative estimate of drug-likeness (QED) is 0.482. The minimum Gasteiger partial charge on any atom is -0.300 e. The zero-order chi connectivity index (χ0) is 11.1. The summed E-state index contributed by atoms with van der Waals surface area (Å²) in [7, 11) is 0. The molecule has 1 rings (SSSR count). The molecule has 0 aromatic heterocycles. The second-order valence-electron chi connectivity index (χ2n) is 5.54. The third-order valence-electron chi connectivity index (χ3n) is 3.74. The van der Waals surface area contributed by atoms with E-state index in [1.165, 1.54) is 44.9 Å². The molecule has 1 aliphatic carbocycles. The Labute approximate surface area is 94.6 Å². The molecule has 0 amide bonds. The molecular formula is C14H26O. The van der Waals surface area contributed by atoms with E-state index >= 15 is 0 Å². The molecule has 0 saturated heterocycles. The first kappa shape index (κ1) is 12.7. The van der Waals surface area contributed by atoms with Gasteiger partial charge in [0.05, 0.1) is 0 Å². The maximum atomic E-state index is 11.6. The van der Waals surface area contributed by atoms with E-state index in [4.69, 9.17) is 0 Å². The van der Waals surface area contributed by atoms with Crippen molar-refractivity contribution < 1.29 is 4.79 Å². The van der Waals surface area contributed by atoms with Gasteiger partial charge in [-0.05, 0) is 24.7 Å². The van der Waals surface area contributed by atoms with Gasteiger partial charge in [0.15, 0.2) is 0 Å². The fraction of sp³-hybridized carbons (Fsp3) is 0.929. The minimum absolute atomic E-state index is 0.335. The van der Waals surface area contributed by atoms with Crippen molar-refractivity contribution in [3.05, 3.63) is 0 Å². The summed E-state index contributed by atoms with van der Waals surface area (Å²) in [4.78, 5) is 11.6. The average molecular weight is 210 g/mol. The van der Waals surface area contributed by atoms with Crippen molar-refractivity contribution in [2.75, 3.05) is 0 Å². The summed E-state index contributed by atoms with van der Waals surface area (Å²) in [6.45, 7) is 4.57. The van der Waals surface area contributed by atoms with E-state index in [9.17, 15) is 4.79 Å². The van der Waals surface area contributed by atoms with Crippen molar-refractivity contribution in [2.24, 2.45) is 5.41 Å². The van der Waals surface area contributed by atoms with Crippen LogP contribution in [0.5, 0.6) is 0 Å². The van der Waals surface area contributed by atoms with Gasteiger partial charge in [-0.1, -0.05) is 46.0 Å². The van der Waals surface area contributed by atoms with Crippen LogP contribution in [0.1, 0.15) is 78.1 Å². The monoisotopic (exact) mass is 210 g/mol. The van der Waals surface area contributed by atoms with Gasteiger partial charge >= 0.3 is 0 Å². The van der Waals surface area contributed by atoms with Crippen LogP contribution in [0.15, 0.2) is 0 Å². The van der Waals surface area contributed by atoms with Gasteiger partial charge in [0.2, 0.25) is 0 Å². The number of ketones is 1. The van der Waals surface area contributed by atoms with E-state index in [2.05, 4.69) is 13.8 Å². The molecule has 1 aliphatic rings. The van der Waals surface area contributed by atoms with Gasteiger partial charge in [0, 0.05) is 12.8 Å². The summed E-state index contributed by atoms with van der Waals surface area (Å²) in [5, 5.41) is 0. The number of carbonyl (C=O) groups excluding carboxylic acids is 1. The normalized spacial score (nSPS) is 27.7. The van der Waals surface area contributed by atoms with Crippen molar-refractivity contribution in [1.29, 1.82) is 0 Å². The molecule has 0 spiro atoms. The molecule has 1 nitrogen and oxygen atoms in total. The molecule has 1 fully saturated rings. The van der Waals surface area contributed by atoms with E-state index in [1.54, 1.807) is 0 Å². The van der Waals surface area contributed by atoms with Gasteiger partial charge in [0.25, 0.3) is 0 Å². The van der Waals surface area contributed by atoms with Crippen LogP contribution in [-0.4, -0.2) is 5.78 Å². The lowest BCUT2D eigenvalue weighted by Gasteiger charge is -2.27. The fourth-order valence-corrected chi connectivity index (χ4v) is 2.72. The number of Topliss-reactive ketones (excluding diaryl/α,β-unsaturated/α-hetero) is 1. The molecule has 1 atom stereocenters. The lowest BCUT2D eigenvalue weighted by molar-refractivity contribution is -0.120. The molecule has 0 radical (unpaired) electrons. The fourth-order valence-electron chi connectivity index (χ4n) is 2.72. The van der Waals surface area contributed by atoms with Gasteiger partial charge in [-0.2, -0.15) is 0 Å². The number of hydrogen-bond donors (Lipinski definition) is 0. The maximum Gasteiger partial charge on any atom is 0.133 e. The Hall–Kier alpha value is -0.330. The Morgan fingerprint density at radius 1 is 1.20 bits per heavy atom. The first-order valence-corrected chi connectivity index (χ1v) is 6.68. The number of hydrogen-bond acceptors (Lipinski definition) is 1. The second-order valence-corrected chi connectivity index (χ2v) is 5.54. The Morgan fingerprint density at radius 3 is 2.73 bits per heavy atom. The Morgan fingerprint density at radius 2 is 2.00 bits per heavy atom. The van der Waals surface area contributed by atoms with Crippen LogP contribution >= 0.6 is 0 Å². The van der Waals surface area contributed by atoms with E-state index in [0.29, 0.717) is 11.2 Å². The average Bonchev–Trinajstić information content (AvgIpc) is 2.35. The van der Waals surface area contributed by atoms with Gasteiger partial charge < -0.3 is 0 Å². The molecule has 88 valence electrons. The highest BCUT2D eigenvalue weighted by Gasteiger charge is 2.28. The Bertz CT molecular complexity index is 198. The summed E-state index contributed by atoms with van der Waals surface area (Å²) >= 11 is 0. The SMILES string of the molecule is CCCCCC[C@]1(C)CCCCC(=O)C1. The van der Waals surface area contributed by atoms with Gasteiger partial charge in [0.1, 0.15) is 5.78 Å². The summed E-state index contributed by atoms with van der Waals surface area (Å²) < 4.78 is 0. The van der Waals surface area contributed by atoms with Crippen LogP contribution in [0.2, 0.25) is 0 Å². The molecule has 0 bridgehead atoms. The lowest BCUT2D eigenvalue weighted by atomic mass is 9.78. The lowest BCUT2D eigenvalue weighted by Crippen LogP contribution is -2.18. The smallest absolute Gasteiger partial charge is 0.133 e. The molecule has 1 heteroatoms. The number of carbonyl (C=O) groups is 1. The van der Waals surface area contributed by atoms with Crippen molar-refractivity contribution in [3.63, 3.8) is 0 Å². The molecule has 0 unspecified atom stereocenters. The van der Waals surface area contributed by atoms with Crippen LogP contribution < -0.4 is 0 Å². The summed E-state index contributed by atoms with van der Waals surface area (Å²) in [6, 6.07) is 0. The van der Waals surface area contributed by atoms with E-state index in [1.807, 2.05) is 0 Å². The largest absolute Gasteiger partial charge is 0.300 e. The summed E-state index contributed by atoms with van der Waals surface area (Å²) in [6.07, 6.45) is 11.9. The molecule has 1 saturated carbocycles. The topological polar surface area (TPSA) is 17.1 Å². The first-order chi connectivity index (χ1) is 7.16. The van der Waals surface area contributed by atoms with Gasteiger partial charge in [-0.3, -0.25) is 4.79 Å². The van der Waals surface area contributed by atoms with Crippen molar-refractivity contribution in [2.45, 2.75) is 78.1 Å². The zero-order valence-corrected chi connectivity index (χ0v) is 10.5. The molecule has 0 aromatic rings. The zero-order valence-electron chi connectivity index (χ0n) is 10.5. The maximum absolute atomic E-state index is 11.6. The van der Waals surface area contributed by atoms with Gasteiger partial charge in [-0.15, -0.1) is 0 Å². The van der Waals surface area contributed by atoms with Crippen LogP contribution in [0, 0.1) is 5.41 Å². The molecule has 0 aromatic carbocycles. The number of unbranched alkanes of at least 4 members (excludes halogenated alkanes) is 3. The van der Waals surface area contributed by atoms with Crippen molar-refractivity contribution >= 4 is 5.78 Å². The van der Waals surface area contributed by atoms with E-state index in [-0.39, 0.29) is 0 Å². The van der Waals surface area contributed by atoms with E-state index < -0.39 is 0 Å². The summed E-state index contributed by atoms with van der Waals surface area (Å²) in [5.41, 5.74) is 0.335. The first-order valence-electron chi connectivity index (χ1n) is 6.68. The van der Waals surface area contributed by atoms with Crippen LogP contribution in [0.4, 0.5) is 0 Å². The van der Waals surface area contributed by atoms with Crippen molar-refractivity contribution in [3.8, 4) is 0 Å². The highest BCUT2D eigenvalue weighted by Crippen LogP contribution is 2.37. The van der Waals surface area contributed by atoms with Crippen LogP contribution in [0.3, 0.4) is 0 Å². The minimum atomic E-state index is 0.335. The molecule has 15 heavy (non-hydrogen) atoms. The molecule has 0 heterocycles.